The minimum Gasteiger partial charge on any atom is -0.491 e. The molecule has 15 nitrogen and oxygen atoms in total. The summed E-state index contributed by atoms with van der Waals surface area (Å²) in [6.45, 7) is 10.3. The van der Waals surface area contributed by atoms with Gasteiger partial charge in [0.2, 0.25) is 5.91 Å². The molecule has 1 aliphatic carbocycles. The van der Waals surface area contributed by atoms with E-state index in [4.69, 9.17) is 31.2 Å². The molecule has 410 valence electrons. The van der Waals surface area contributed by atoms with Crippen LogP contribution in [-0.2, 0) is 43.0 Å². The molecule has 5 aromatic rings. The molecule has 0 radical (unpaired) electrons. The Labute approximate surface area is 460 Å². The Morgan fingerprint density at radius 2 is 1.63 bits per heavy atom. The van der Waals surface area contributed by atoms with Gasteiger partial charge in [0.05, 0.1) is 76.5 Å². The number of hydrogen-bond acceptors (Lipinski definition) is 13. The lowest BCUT2D eigenvalue weighted by molar-refractivity contribution is -0.142. The zero-order valence-corrected chi connectivity index (χ0v) is 45.6. The number of aliphatic hydroxyl groups is 1. The zero-order valence-electron chi connectivity index (χ0n) is 44.0. The van der Waals surface area contributed by atoms with Crippen LogP contribution >= 0.6 is 23.6 Å². The lowest BCUT2D eigenvalue weighted by Crippen LogP contribution is -2.54. The van der Waals surface area contributed by atoms with Gasteiger partial charge in [0.25, 0.3) is 11.8 Å². The fourth-order valence-electron chi connectivity index (χ4n) is 11.0. The number of β-amino-alcohol motifs (C(OH)–C–C–N with tert-alkyl or cyclic N) is 1. The second kappa shape index (κ2) is 23.3. The number of thiazole rings is 1. The third-order valence-electron chi connectivity index (χ3n) is 14.9. The van der Waals surface area contributed by atoms with Gasteiger partial charge in [0, 0.05) is 37.2 Å². The molecule has 3 fully saturated rings. The highest BCUT2D eigenvalue weighted by atomic mass is 32.1. The number of aryl methyl sites for hydroxylation is 2. The van der Waals surface area contributed by atoms with E-state index in [1.165, 1.54) is 22.3 Å². The van der Waals surface area contributed by atoms with Crippen molar-refractivity contribution in [2.75, 3.05) is 42.8 Å². The average Bonchev–Trinajstić information content (AvgIpc) is 4.39. The third kappa shape index (κ3) is 11.5. The molecule has 3 aliphatic heterocycles. The Hall–Kier alpha value is -6.76. The van der Waals surface area contributed by atoms with Gasteiger partial charge in [-0.05, 0) is 136 Å². The summed E-state index contributed by atoms with van der Waals surface area (Å²) < 4.78 is 66.5. The summed E-state index contributed by atoms with van der Waals surface area (Å²) in [5.74, 6) is -0.375. The second-order valence-electron chi connectivity index (χ2n) is 20.8. The number of alkyl halides is 3. The molecule has 78 heavy (non-hydrogen) atoms. The summed E-state index contributed by atoms with van der Waals surface area (Å²) in [6.07, 6.45) is -2.95. The highest BCUT2D eigenvalue weighted by Crippen LogP contribution is 2.41. The molecule has 0 unspecified atom stereocenters. The number of nitrogens with zero attached hydrogens (tertiary/aromatic N) is 6. The Bertz CT molecular complexity index is 3120. The number of rotatable bonds is 20. The van der Waals surface area contributed by atoms with Crippen LogP contribution in [-0.4, -0.2) is 117 Å². The van der Waals surface area contributed by atoms with E-state index in [1.807, 2.05) is 51.1 Å². The van der Waals surface area contributed by atoms with Crippen molar-refractivity contribution in [3.8, 4) is 28.0 Å². The van der Waals surface area contributed by atoms with Gasteiger partial charge in [-0.25, -0.2) is 4.98 Å². The minimum atomic E-state index is -4.81. The molecule has 1 saturated carbocycles. The molecule has 2 saturated heterocycles. The maximum atomic E-state index is 14.3. The maximum absolute atomic E-state index is 14.3. The van der Waals surface area contributed by atoms with Crippen molar-refractivity contribution in [3.05, 3.63) is 124 Å². The van der Waals surface area contributed by atoms with Crippen molar-refractivity contribution in [2.45, 2.75) is 122 Å². The molecule has 1 aromatic heterocycles. The number of fused-ring (bicyclic) bond motifs is 1. The average molecular weight is 1110 g/mol. The molecular weight excluding hydrogens is 1050 g/mol. The Balaban J connectivity index is 0.770. The highest BCUT2D eigenvalue weighted by Gasteiger charge is 2.51. The van der Waals surface area contributed by atoms with Crippen molar-refractivity contribution in [1.29, 1.82) is 5.26 Å². The summed E-state index contributed by atoms with van der Waals surface area (Å²) in [4.78, 5) is 66.8. The quantitative estimate of drug-likeness (QED) is 0.0577. The van der Waals surface area contributed by atoms with Crippen molar-refractivity contribution < 1.29 is 56.4 Å². The lowest BCUT2D eigenvalue weighted by Gasteiger charge is -2.35. The number of ether oxygens (including phenoxy) is 4. The van der Waals surface area contributed by atoms with E-state index in [1.54, 1.807) is 71.6 Å². The van der Waals surface area contributed by atoms with E-state index < -0.39 is 46.9 Å². The van der Waals surface area contributed by atoms with E-state index in [-0.39, 0.29) is 92.3 Å². The number of Topliss-reactive ketones (excluding diaryl/α,β-unsaturated/α-hetero) is 1. The van der Waals surface area contributed by atoms with Crippen LogP contribution in [0.25, 0.3) is 10.4 Å². The molecular formula is C58H61F3N6O9S2. The van der Waals surface area contributed by atoms with Crippen LogP contribution in [0.2, 0.25) is 0 Å². The van der Waals surface area contributed by atoms with Gasteiger partial charge in [-0.15, -0.1) is 11.3 Å². The number of aromatic nitrogens is 1. The monoisotopic (exact) mass is 1110 g/mol. The van der Waals surface area contributed by atoms with Gasteiger partial charge in [-0.3, -0.25) is 24.1 Å². The number of carbonyl (C=O) groups excluding carboxylic acids is 4. The van der Waals surface area contributed by atoms with Gasteiger partial charge in [-0.2, -0.15) is 18.4 Å². The van der Waals surface area contributed by atoms with E-state index in [0.29, 0.717) is 35.7 Å². The van der Waals surface area contributed by atoms with Crippen LogP contribution in [0.3, 0.4) is 0 Å². The Morgan fingerprint density at radius 1 is 0.936 bits per heavy atom. The smallest absolute Gasteiger partial charge is 0.417 e. The first kappa shape index (κ1) is 56.0. The van der Waals surface area contributed by atoms with Crippen molar-refractivity contribution >= 4 is 63.5 Å². The van der Waals surface area contributed by atoms with Crippen LogP contribution < -0.4 is 19.3 Å². The van der Waals surface area contributed by atoms with Crippen molar-refractivity contribution in [1.82, 2.24) is 14.8 Å². The number of likely N-dealkylation sites (tertiary alicyclic amines) is 1. The van der Waals surface area contributed by atoms with Gasteiger partial charge in [0.15, 0.2) is 10.9 Å². The molecule has 0 bridgehead atoms. The number of halogens is 3. The topological polar surface area (TPSA) is 175 Å². The molecule has 4 aromatic carbocycles. The zero-order chi connectivity index (χ0) is 55.6. The van der Waals surface area contributed by atoms with Crippen LogP contribution in [0.15, 0.2) is 90.4 Å². The predicted molar refractivity (Wildman–Crippen MR) is 290 cm³/mol. The van der Waals surface area contributed by atoms with Gasteiger partial charge in [0.1, 0.15) is 36.3 Å². The summed E-state index contributed by atoms with van der Waals surface area (Å²) in [5, 5.41) is 20.1. The van der Waals surface area contributed by atoms with Gasteiger partial charge >= 0.3 is 6.18 Å². The number of aliphatic hydroxyl groups excluding tert-OH is 1. The molecule has 4 aliphatic rings. The first-order chi connectivity index (χ1) is 37.3. The normalized spacial score (nSPS) is 20.4. The van der Waals surface area contributed by atoms with Crippen LogP contribution in [0.5, 0.6) is 11.5 Å². The van der Waals surface area contributed by atoms with Gasteiger partial charge < -0.3 is 38.8 Å². The van der Waals surface area contributed by atoms with E-state index in [2.05, 4.69) is 4.98 Å². The van der Waals surface area contributed by atoms with Crippen molar-refractivity contribution in [3.63, 3.8) is 0 Å². The van der Waals surface area contributed by atoms with E-state index >= 15 is 0 Å². The summed E-state index contributed by atoms with van der Waals surface area (Å²) in [5.41, 5.74) is 3.30. The SMILES string of the molecule is Cc1ncsc1-c1ccc(CCC(=O)[C@@H]2C[C@@H](O)CN2C(=O)[C@H](C(C)C)N2Cc3ccccc3C2=O)c(OCCO[C@@H]2CCC[C@@H]2OCCOc2ccc(N3C(=S)N(c4ccc(C#N)c(C(F)(F)F)c4)C(=O)C3(C)C)cc2)c1. The molecule has 5 atom stereocenters. The Kier molecular flexibility index (Phi) is 16.7. The number of anilines is 2. The summed E-state index contributed by atoms with van der Waals surface area (Å²) in [6, 6.07) is 23.1. The molecule has 4 heterocycles. The van der Waals surface area contributed by atoms with Crippen LogP contribution in [0, 0.1) is 24.2 Å². The third-order valence-corrected chi connectivity index (χ3v) is 16.3. The van der Waals surface area contributed by atoms with E-state index in [9.17, 15) is 42.7 Å². The molecule has 9 rings (SSSR count). The number of carbonyl (C=O) groups is 4. The first-order valence-corrected chi connectivity index (χ1v) is 27.4. The number of ketones is 1. The van der Waals surface area contributed by atoms with E-state index in [0.717, 1.165) is 63.6 Å². The molecule has 0 spiro atoms. The number of hydrogen-bond donors (Lipinski definition) is 1. The maximum Gasteiger partial charge on any atom is 0.417 e. The Morgan fingerprint density at radius 3 is 2.28 bits per heavy atom. The first-order valence-electron chi connectivity index (χ1n) is 26.1. The molecule has 3 amide bonds. The lowest BCUT2D eigenvalue weighted by atomic mass is 9.97. The fraction of sp³-hybridized carbons (Fsp3) is 0.431. The van der Waals surface area contributed by atoms with Crippen LogP contribution in [0.1, 0.15) is 98.1 Å². The second-order valence-corrected chi connectivity index (χ2v) is 22.0. The molecule has 1 N–H and O–H groups in total. The molecule has 20 heteroatoms. The number of benzene rings is 4. The fourth-order valence-corrected chi connectivity index (χ4v) is 12.3. The number of thiocarbonyl (C=S) groups is 1. The highest BCUT2D eigenvalue weighted by molar-refractivity contribution is 7.81. The number of amides is 3. The summed E-state index contributed by atoms with van der Waals surface area (Å²) in [7, 11) is 0. The predicted octanol–water partition coefficient (Wildman–Crippen LogP) is 9.48. The number of nitriles is 1. The standard InChI is InChI=1S/C58H61F3N6O9S2/c1-34(2)51(65-31-39-9-6-7-10-44(39)53(65)70)54(71)64-32-42(68)29-46(64)47(69)22-16-36-13-14-37(52-35(3)63-33-78-52)27-50(36)76-26-25-75-49-12-8-11-48(49)74-24-23-73-43-20-18-40(19-21-43)67-56(77)66(55(72)57(67,4)5)41-17-15-38(30-62)45(28-41)58(59,60)61/h6-7,9-10,13-15,17-21,27-28,33-34,42,46,48-49,51,68H,8,11-12,16,22-26,29,31-32H2,1-5H3/t42-,46+,48+,49-,51+/m1/s1. The van der Waals surface area contributed by atoms with Crippen LogP contribution in [0.4, 0.5) is 24.5 Å². The largest absolute Gasteiger partial charge is 0.491 e. The summed E-state index contributed by atoms with van der Waals surface area (Å²) >= 11 is 7.20. The van der Waals surface area contributed by atoms with Crippen molar-refractivity contribution in [2.24, 2.45) is 5.92 Å². The van der Waals surface area contributed by atoms with Gasteiger partial charge in [-0.1, -0.05) is 44.2 Å². The minimum absolute atomic E-state index is 0.0104.